The van der Waals surface area contributed by atoms with Crippen LogP contribution in [0, 0.1) is 6.92 Å². The van der Waals surface area contributed by atoms with E-state index in [4.69, 9.17) is 11.6 Å². The predicted octanol–water partition coefficient (Wildman–Crippen LogP) is 3.83. The molecule has 1 amide bonds. The molecule has 0 radical (unpaired) electrons. The number of nitrogens with zero attached hydrogens (tertiary/aromatic N) is 1. The van der Waals surface area contributed by atoms with Crippen LogP contribution in [0.15, 0.2) is 42.5 Å². The topological polar surface area (TPSA) is 66.5 Å². The highest BCUT2D eigenvalue weighted by atomic mass is 35.5. The summed E-state index contributed by atoms with van der Waals surface area (Å²) >= 11 is 5.93. The summed E-state index contributed by atoms with van der Waals surface area (Å²) < 4.78 is 25.9. The first-order valence-electron chi connectivity index (χ1n) is 8.05. The highest BCUT2D eigenvalue weighted by Crippen LogP contribution is 2.25. The van der Waals surface area contributed by atoms with Gasteiger partial charge in [0.15, 0.2) is 0 Å². The number of hydrogen-bond acceptors (Lipinski definition) is 3. The summed E-state index contributed by atoms with van der Waals surface area (Å²) in [4.78, 5) is 12.5. The summed E-state index contributed by atoms with van der Waals surface area (Å²) in [6.45, 7) is 2.31. The molecule has 2 aromatic carbocycles. The van der Waals surface area contributed by atoms with E-state index in [2.05, 4.69) is 5.32 Å². The number of carbonyl (C=O) groups is 1. The largest absolute Gasteiger partial charge is 0.322 e. The fourth-order valence-corrected chi connectivity index (χ4v) is 4.70. The number of carbonyl (C=O) groups excluding carboxylic acids is 1. The van der Waals surface area contributed by atoms with E-state index >= 15 is 0 Å². The van der Waals surface area contributed by atoms with Crippen LogP contribution in [-0.2, 0) is 10.0 Å². The Balaban J connectivity index is 1.84. The van der Waals surface area contributed by atoms with Crippen molar-refractivity contribution in [3.8, 4) is 0 Å². The van der Waals surface area contributed by atoms with Gasteiger partial charge in [0.1, 0.15) is 0 Å². The first-order chi connectivity index (χ1) is 11.9. The summed E-state index contributed by atoms with van der Waals surface area (Å²) in [6.07, 6.45) is 1.49. The van der Waals surface area contributed by atoms with Crippen LogP contribution in [0.4, 0.5) is 11.4 Å². The van der Waals surface area contributed by atoms with Crippen molar-refractivity contribution in [2.75, 3.05) is 21.9 Å². The molecule has 1 N–H and O–H groups in total. The molecule has 1 saturated heterocycles. The maximum atomic E-state index is 12.5. The Bertz CT molecular complexity index is 912. The Morgan fingerprint density at radius 2 is 1.96 bits per heavy atom. The number of nitrogens with one attached hydrogen (secondary N) is 1. The monoisotopic (exact) mass is 378 g/mol. The minimum absolute atomic E-state index is 0.146. The molecule has 0 aliphatic carbocycles. The minimum Gasteiger partial charge on any atom is -0.322 e. The SMILES string of the molecule is Cc1cc(Cl)ccc1NC(=O)c1cccc(N2CCCCS2(=O)=O)c1. The van der Waals surface area contributed by atoms with Crippen LogP contribution in [-0.4, -0.2) is 26.6 Å². The Morgan fingerprint density at radius 1 is 1.16 bits per heavy atom. The van der Waals surface area contributed by atoms with E-state index in [9.17, 15) is 13.2 Å². The van der Waals surface area contributed by atoms with Gasteiger partial charge in [-0.05, 0) is 61.7 Å². The molecule has 7 heteroatoms. The van der Waals surface area contributed by atoms with E-state index < -0.39 is 10.0 Å². The Hall–Kier alpha value is -2.05. The second-order valence-corrected chi connectivity index (χ2v) is 8.51. The van der Waals surface area contributed by atoms with Crippen LogP contribution in [0.25, 0.3) is 0 Å². The van der Waals surface area contributed by atoms with Gasteiger partial charge in [-0.2, -0.15) is 0 Å². The zero-order valence-corrected chi connectivity index (χ0v) is 15.4. The van der Waals surface area contributed by atoms with Gasteiger partial charge in [0.25, 0.3) is 5.91 Å². The van der Waals surface area contributed by atoms with Gasteiger partial charge >= 0.3 is 0 Å². The van der Waals surface area contributed by atoms with Gasteiger partial charge in [0.2, 0.25) is 10.0 Å². The van der Waals surface area contributed by atoms with Crippen molar-refractivity contribution in [1.82, 2.24) is 0 Å². The summed E-state index contributed by atoms with van der Waals surface area (Å²) in [5.41, 5.74) is 2.47. The number of anilines is 2. The molecule has 5 nitrogen and oxygen atoms in total. The zero-order chi connectivity index (χ0) is 18.0. The number of rotatable bonds is 3. The third-order valence-corrected chi connectivity index (χ3v) is 6.29. The molecule has 1 fully saturated rings. The number of benzene rings is 2. The van der Waals surface area contributed by atoms with Crippen molar-refractivity contribution >= 4 is 38.9 Å². The van der Waals surface area contributed by atoms with Crippen molar-refractivity contribution in [2.45, 2.75) is 19.8 Å². The van der Waals surface area contributed by atoms with Gasteiger partial charge in [0.05, 0.1) is 11.4 Å². The van der Waals surface area contributed by atoms with E-state index in [1.165, 1.54) is 4.31 Å². The number of sulfonamides is 1. The van der Waals surface area contributed by atoms with Crippen LogP contribution in [0.5, 0.6) is 0 Å². The van der Waals surface area contributed by atoms with E-state index in [0.717, 1.165) is 12.0 Å². The van der Waals surface area contributed by atoms with Crippen molar-refractivity contribution in [3.63, 3.8) is 0 Å². The fraction of sp³-hybridized carbons (Fsp3) is 0.278. The summed E-state index contributed by atoms with van der Waals surface area (Å²) in [6, 6.07) is 11.9. The third-order valence-electron chi connectivity index (χ3n) is 4.18. The first-order valence-corrected chi connectivity index (χ1v) is 10.0. The Kier molecular flexibility index (Phi) is 5.01. The normalized spacial score (nSPS) is 16.5. The zero-order valence-electron chi connectivity index (χ0n) is 13.8. The third kappa shape index (κ3) is 3.96. The van der Waals surface area contributed by atoms with Crippen molar-refractivity contribution < 1.29 is 13.2 Å². The molecule has 0 atom stereocenters. The molecular weight excluding hydrogens is 360 g/mol. The van der Waals surface area contributed by atoms with Crippen LogP contribution in [0.1, 0.15) is 28.8 Å². The Morgan fingerprint density at radius 3 is 2.68 bits per heavy atom. The molecule has 0 aromatic heterocycles. The summed E-state index contributed by atoms with van der Waals surface area (Å²) in [5.74, 6) is -0.144. The lowest BCUT2D eigenvalue weighted by Crippen LogP contribution is -2.37. The second kappa shape index (κ2) is 7.06. The number of aryl methyl sites for hydroxylation is 1. The summed E-state index contributed by atoms with van der Waals surface area (Å²) in [7, 11) is -3.30. The molecule has 3 rings (SSSR count). The fourth-order valence-electron chi connectivity index (χ4n) is 2.84. The molecule has 0 spiro atoms. The molecule has 1 aliphatic heterocycles. The highest BCUT2D eigenvalue weighted by molar-refractivity contribution is 7.92. The van der Waals surface area contributed by atoms with Crippen LogP contribution >= 0.6 is 11.6 Å². The quantitative estimate of drug-likeness (QED) is 0.882. The van der Waals surface area contributed by atoms with Gasteiger partial charge in [-0.1, -0.05) is 17.7 Å². The molecule has 25 heavy (non-hydrogen) atoms. The van der Waals surface area contributed by atoms with Crippen LogP contribution < -0.4 is 9.62 Å². The average Bonchev–Trinajstić information content (AvgIpc) is 2.57. The van der Waals surface area contributed by atoms with E-state index in [0.29, 0.717) is 34.9 Å². The van der Waals surface area contributed by atoms with Gasteiger partial charge in [-0.25, -0.2) is 8.42 Å². The molecule has 1 heterocycles. The van der Waals surface area contributed by atoms with Gasteiger partial charge < -0.3 is 5.32 Å². The smallest absolute Gasteiger partial charge is 0.255 e. The maximum absolute atomic E-state index is 12.5. The number of amides is 1. The van der Waals surface area contributed by atoms with E-state index in [-0.39, 0.29) is 11.7 Å². The molecule has 0 saturated carbocycles. The molecule has 1 aliphatic rings. The van der Waals surface area contributed by atoms with Crippen molar-refractivity contribution in [1.29, 1.82) is 0 Å². The molecular formula is C18H19ClN2O3S. The van der Waals surface area contributed by atoms with Crippen LogP contribution in [0.3, 0.4) is 0 Å². The minimum atomic E-state index is -3.30. The molecule has 0 bridgehead atoms. The first kappa shape index (κ1) is 17.8. The highest BCUT2D eigenvalue weighted by Gasteiger charge is 2.26. The van der Waals surface area contributed by atoms with Gasteiger partial charge in [-0.15, -0.1) is 0 Å². The van der Waals surface area contributed by atoms with Crippen molar-refractivity contribution in [2.24, 2.45) is 0 Å². The average molecular weight is 379 g/mol. The summed E-state index contributed by atoms with van der Waals surface area (Å²) in [5, 5.41) is 3.44. The maximum Gasteiger partial charge on any atom is 0.255 e. The molecule has 0 unspecified atom stereocenters. The molecule has 132 valence electrons. The van der Waals surface area contributed by atoms with Gasteiger partial charge in [0, 0.05) is 22.8 Å². The van der Waals surface area contributed by atoms with E-state index in [1.54, 1.807) is 42.5 Å². The Labute approximate surface area is 152 Å². The lowest BCUT2D eigenvalue weighted by Gasteiger charge is -2.28. The van der Waals surface area contributed by atoms with Gasteiger partial charge in [-0.3, -0.25) is 9.10 Å². The predicted molar refractivity (Wildman–Crippen MR) is 101 cm³/mol. The van der Waals surface area contributed by atoms with E-state index in [1.807, 2.05) is 6.92 Å². The number of hydrogen-bond donors (Lipinski definition) is 1. The number of halogens is 1. The second-order valence-electron chi connectivity index (χ2n) is 6.06. The lowest BCUT2D eigenvalue weighted by molar-refractivity contribution is 0.102. The van der Waals surface area contributed by atoms with Crippen molar-refractivity contribution in [3.05, 3.63) is 58.6 Å². The molecule has 2 aromatic rings. The standard InChI is InChI=1S/C18H19ClN2O3S/c1-13-11-15(19)7-8-17(13)20-18(22)14-5-4-6-16(12-14)21-9-2-3-10-25(21,23)24/h4-8,11-12H,2-3,9-10H2,1H3,(H,20,22). The van der Waals surface area contributed by atoms with Crippen LogP contribution in [0.2, 0.25) is 5.02 Å². The lowest BCUT2D eigenvalue weighted by atomic mass is 10.1.